The number of amides is 1. The van der Waals surface area contributed by atoms with Crippen LogP contribution in [0.2, 0.25) is 5.02 Å². The van der Waals surface area contributed by atoms with E-state index >= 15 is 0 Å². The highest BCUT2D eigenvalue weighted by atomic mass is 35.5. The van der Waals surface area contributed by atoms with Gasteiger partial charge >= 0.3 is 10.2 Å². The molecular weight excluding hydrogens is 456 g/mol. The minimum atomic E-state index is -3.96. The number of halogens is 3. The lowest BCUT2D eigenvalue weighted by atomic mass is 10.2. The molecule has 0 unspecified atom stereocenters. The molecule has 0 fully saturated rings. The Hall–Kier alpha value is -1.88. The van der Waals surface area contributed by atoms with Gasteiger partial charge < -0.3 is 5.32 Å². The molecule has 2 aromatic rings. The van der Waals surface area contributed by atoms with Gasteiger partial charge in [-0.2, -0.15) is 24.5 Å². The van der Waals surface area contributed by atoms with Gasteiger partial charge in [0.05, 0.1) is 5.69 Å². The number of benzene rings is 2. The molecule has 1 N–H and O–H groups in total. The Morgan fingerprint density at radius 2 is 1.80 bits per heavy atom. The van der Waals surface area contributed by atoms with E-state index in [9.17, 15) is 22.0 Å². The molecule has 6 nitrogen and oxygen atoms in total. The topological polar surface area (TPSA) is 69.7 Å². The third-order valence-corrected chi connectivity index (χ3v) is 7.18. The summed E-state index contributed by atoms with van der Waals surface area (Å²) >= 11 is 7.36. The molecule has 0 aliphatic heterocycles. The summed E-state index contributed by atoms with van der Waals surface area (Å²) in [7, 11) is -1.28. The van der Waals surface area contributed by atoms with Gasteiger partial charge in [-0.3, -0.25) is 4.79 Å². The van der Waals surface area contributed by atoms with Gasteiger partial charge in [0, 0.05) is 42.7 Å². The van der Waals surface area contributed by atoms with Crippen molar-refractivity contribution in [2.24, 2.45) is 0 Å². The molecule has 30 heavy (non-hydrogen) atoms. The predicted molar refractivity (Wildman–Crippen MR) is 117 cm³/mol. The maximum Gasteiger partial charge on any atom is 0.304 e. The van der Waals surface area contributed by atoms with Crippen molar-refractivity contribution in [1.82, 2.24) is 9.62 Å². The molecule has 2 rings (SSSR count). The van der Waals surface area contributed by atoms with E-state index in [2.05, 4.69) is 5.32 Å². The van der Waals surface area contributed by atoms with Crippen LogP contribution in [-0.2, 0) is 20.8 Å². The molecule has 0 bridgehead atoms. The van der Waals surface area contributed by atoms with Crippen molar-refractivity contribution in [3.63, 3.8) is 0 Å². The first-order chi connectivity index (χ1) is 14.1. The molecule has 0 aliphatic carbocycles. The Kier molecular flexibility index (Phi) is 8.90. The fraction of sp³-hybridized carbons (Fsp3) is 0.316. The second kappa shape index (κ2) is 10.9. The number of nitrogens with one attached hydrogen (secondary N) is 1. The molecule has 0 heterocycles. The van der Waals surface area contributed by atoms with Crippen LogP contribution in [0, 0.1) is 11.6 Å². The number of carbonyl (C=O) groups is 1. The Morgan fingerprint density at radius 1 is 1.13 bits per heavy atom. The van der Waals surface area contributed by atoms with Crippen LogP contribution in [0.5, 0.6) is 0 Å². The molecule has 2 aromatic carbocycles. The summed E-state index contributed by atoms with van der Waals surface area (Å²) < 4.78 is 53.9. The highest BCUT2D eigenvalue weighted by Gasteiger charge is 2.27. The highest BCUT2D eigenvalue weighted by molar-refractivity contribution is 7.98. The maximum atomic E-state index is 13.7. The van der Waals surface area contributed by atoms with Crippen LogP contribution in [0.3, 0.4) is 0 Å². The van der Waals surface area contributed by atoms with E-state index in [1.807, 2.05) is 0 Å². The lowest BCUT2D eigenvalue weighted by Crippen LogP contribution is -2.46. The summed E-state index contributed by atoms with van der Waals surface area (Å²) in [6.07, 6.45) is 0. The van der Waals surface area contributed by atoms with E-state index in [1.165, 1.54) is 50.1 Å². The van der Waals surface area contributed by atoms with E-state index in [0.29, 0.717) is 22.1 Å². The van der Waals surface area contributed by atoms with Gasteiger partial charge in [-0.05, 0) is 36.4 Å². The smallest absolute Gasteiger partial charge is 0.304 e. The fourth-order valence-electron chi connectivity index (χ4n) is 2.40. The van der Waals surface area contributed by atoms with Crippen molar-refractivity contribution in [3.8, 4) is 0 Å². The standard InChI is InChI=1S/C19H22ClF2N3O3S2/c1-24(2)30(27,28)25(15-8-6-14(21)7-9-15)12-19(26)23-10-11-29-13-16-17(20)4-3-5-18(16)22/h3-9H,10-13H2,1-2H3,(H,23,26). The van der Waals surface area contributed by atoms with Gasteiger partial charge in [-0.15, -0.1) is 0 Å². The first-order valence-electron chi connectivity index (χ1n) is 8.86. The van der Waals surface area contributed by atoms with Crippen LogP contribution < -0.4 is 9.62 Å². The van der Waals surface area contributed by atoms with Crippen LogP contribution >= 0.6 is 23.4 Å². The van der Waals surface area contributed by atoms with E-state index in [0.717, 1.165) is 20.7 Å². The van der Waals surface area contributed by atoms with E-state index in [-0.39, 0.29) is 18.0 Å². The van der Waals surface area contributed by atoms with Gasteiger partial charge in [-0.1, -0.05) is 17.7 Å². The molecule has 1 amide bonds. The summed E-state index contributed by atoms with van der Waals surface area (Å²) in [5.74, 6) is -0.597. The number of thioether (sulfide) groups is 1. The molecule has 0 atom stereocenters. The lowest BCUT2D eigenvalue weighted by Gasteiger charge is -2.26. The van der Waals surface area contributed by atoms with Crippen molar-refractivity contribution >= 4 is 45.2 Å². The normalized spacial score (nSPS) is 11.5. The van der Waals surface area contributed by atoms with Gasteiger partial charge in [0.25, 0.3) is 0 Å². The zero-order valence-electron chi connectivity index (χ0n) is 16.4. The average molecular weight is 478 g/mol. The van der Waals surface area contributed by atoms with E-state index in [4.69, 9.17) is 11.6 Å². The van der Waals surface area contributed by atoms with Gasteiger partial charge in [0.2, 0.25) is 5.91 Å². The lowest BCUT2D eigenvalue weighted by molar-refractivity contribution is -0.119. The van der Waals surface area contributed by atoms with Gasteiger partial charge in [0.1, 0.15) is 18.2 Å². The summed E-state index contributed by atoms with van der Waals surface area (Å²) in [5, 5.41) is 2.98. The van der Waals surface area contributed by atoms with Crippen molar-refractivity contribution in [3.05, 3.63) is 64.7 Å². The molecule has 164 valence electrons. The predicted octanol–water partition coefficient (Wildman–Crippen LogP) is 3.28. The molecule has 0 radical (unpaired) electrons. The van der Waals surface area contributed by atoms with Crippen molar-refractivity contribution in [2.75, 3.05) is 37.2 Å². The molecule has 0 saturated heterocycles. The largest absolute Gasteiger partial charge is 0.354 e. The summed E-state index contributed by atoms with van der Waals surface area (Å²) in [6, 6.07) is 9.29. The molecule has 11 heteroatoms. The number of hydrogen-bond donors (Lipinski definition) is 1. The third kappa shape index (κ3) is 6.56. The quantitative estimate of drug-likeness (QED) is 0.533. The monoisotopic (exact) mass is 477 g/mol. The first kappa shape index (κ1) is 24.4. The molecule has 0 spiro atoms. The van der Waals surface area contributed by atoms with Crippen LogP contribution in [0.4, 0.5) is 14.5 Å². The number of hydrogen-bond acceptors (Lipinski definition) is 4. The Labute approximate surface area is 184 Å². The van der Waals surface area contributed by atoms with Crippen LogP contribution in [0.15, 0.2) is 42.5 Å². The SMILES string of the molecule is CN(C)S(=O)(=O)N(CC(=O)NCCSCc1c(F)cccc1Cl)c1ccc(F)cc1. The maximum absolute atomic E-state index is 13.7. The van der Waals surface area contributed by atoms with Gasteiger partial charge in [0.15, 0.2) is 0 Å². The van der Waals surface area contributed by atoms with E-state index < -0.39 is 28.5 Å². The Bertz CT molecular complexity index is 953. The summed E-state index contributed by atoms with van der Waals surface area (Å²) in [6.45, 7) is -0.204. The fourth-order valence-corrected chi connectivity index (χ4v) is 4.66. The minimum absolute atomic E-state index is 0.170. The number of carbonyl (C=O) groups excluding carboxylic acids is 1. The molecule has 0 saturated carbocycles. The van der Waals surface area contributed by atoms with Crippen molar-refractivity contribution in [1.29, 1.82) is 0 Å². The first-order valence-corrected chi connectivity index (χ1v) is 11.8. The van der Waals surface area contributed by atoms with Crippen molar-refractivity contribution in [2.45, 2.75) is 5.75 Å². The molecular formula is C19H22ClF2N3O3S2. The van der Waals surface area contributed by atoms with Gasteiger partial charge in [-0.25, -0.2) is 13.1 Å². The Morgan fingerprint density at radius 3 is 2.40 bits per heavy atom. The van der Waals surface area contributed by atoms with Crippen LogP contribution in [0.25, 0.3) is 0 Å². The van der Waals surface area contributed by atoms with Crippen LogP contribution in [0.1, 0.15) is 5.56 Å². The second-order valence-electron chi connectivity index (χ2n) is 6.38. The second-order valence-corrected chi connectivity index (χ2v) is 9.96. The number of nitrogens with zero attached hydrogens (tertiary/aromatic N) is 2. The highest BCUT2D eigenvalue weighted by Crippen LogP contribution is 2.23. The van der Waals surface area contributed by atoms with E-state index in [1.54, 1.807) is 6.07 Å². The summed E-state index contributed by atoms with van der Waals surface area (Å²) in [5.41, 5.74) is 0.568. The average Bonchev–Trinajstić information content (AvgIpc) is 2.68. The summed E-state index contributed by atoms with van der Waals surface area (Å²) in [4.78, 5) is 12.3. The van der Waals surface area contributed by atoms with Crippen molar-refractivity contribution < 1.29 is 22.0 Å². The molecule has 0 aromatic heterocycles. The zero-order valence-corrected chi connectivity index (χ0v) is 18.8. The van der Waals surface area contributed by atoms with Crippen LogP contribution in [-0.4, -0.2) is 51.6 Å². The third-order valence-electron chi connectivity index (χ3n) is 4.02. The number of anilines is 1. The number of rotatable bonds is 10. The zero-order chi connectivity index (χ0) is 22.3. The Balaban J connectivity index is 1.92. The minimum Gasteiger partial charge on any atom is -0.354 e. The molecule has 0 aliphatic rings.